The predicted octanol–water partition coefficient (Wildman–Crippen LogP) is 2.85. The molecule has 1 aromatic heterocycles. The summed E-state index contributed by atoms with van der Waals surface area (Å²) in [5, 5.41) is 4.81. The summed E-state index contributed by atoms with van der Waals surface area (Å²) in [6.07, 6.45) is 2.22. The van der Waals surface area contributed by atoms with Gasteiger partial charge in [0.05, 0.1) is 0 Å². The Balaban J connectivity index is 2.52. The van der Waals surface area contributed by atoms with Gasteiger partial charge in [0.15, 0.2) is 0 Å². The molecule has 0 fully saturated rings. The zero-order valence-electron chi connectivity index (χ0n) is 9.62. The van der Waals surface area contributed by atoms with Crippen LogP contribution in [0.5, 0.6) is 0 Å². The lowest BCUT2D eigenvalue weighted by atomic mass is 10.1. The Morgan fingerprint density at radius 1 is 1.33 bits per heavy atom. The van der Waals surface area contributed by atoms with E-state index in [1.165, 1.54) is 16.5 Å². The molecule has 0 aliphatic rings. The molecule has 0 spiro atoms. The molecule has 2 aromatic rings. The van der Waals surface area contributed by atoms with Gasteiger partial charge in [-0.05, 0) is 25.1 Å². The molecule has 0 amide bonds. The molecule has 2 rings (SSSR count). The summed E-state index contributed by atoms with van der Waals surface area (Å²) in [6, 6.07) is 8.96. The maximum atomic E-state index is 3.45. The fraction of sp³-hybridized carbons (Fsp3) is 0.385. The van der Waals surface area contributed by atoms with E-state index in [0.717, 1.165) is 6.54 Å². The van der Waals surface area contributed by atoms with Crippen molar-refractivity contribution in [3.05, 3.63) is 36.0 Å². The van der Waals surface area contributed by atoms with E-state index in [1.54, 1.807) is 0 Å². The molecule has 1 aromatic carbocycles. The lowest BCUT2D eigenvalue weighted by Crippen LogP contribution is -2.17. The first-order chi connectivity index (χ1) is 7.24. The normalized spacial score (nSPS) is 13.3. The number of nitrogens with zero attached hydrogens (tertiary/aromatic N) is 1. The minimum Gasteiger partial charge on any atom is -0.350 e. The highest BCUT2D eigenvalue weighted by molar-refractivity contribution is 5.84. The van der Waals surface area contributed by atoms with E-state index in [1.807, 2.05) is 0 Å². The summed E-state index contributed by atoms with van der Waals surface area (Å²) in [7, 11) is 2.10. The second-order valence-electron chi connectivity index (χ2n) is 3.99. The number of benzene rings is 1. The molecule has 0 bridgehead atoms. The van der Waals surface area contributed by atoms with Crippen molar-refractivity contribution >= 4 is 10.9 Å². The zero-order valence-corrected chi connectivity index (χ0v) is 9.62. The third kappa shape index (κ3) is 1.77. The van der Waals surface area contributed by atoms with Gasteiger partial charge in [-0.1, -0.05) is 25.1 Å². The van der Waals surface area contributed by atoms with Crippen LogP contribution in [0.25, 0.3) is 10.9 Å². The quantitative estimate of drug-likeness (QED) is 0.809. The summed E-state index contributed by atoms with van der Waals surface area (Å²) in [6.45, 7) is 5.36. The molecule has 0 aliphatic carbocycles. The van der Waals surface area contributed by atoms with Crippen molar-refractivity contribution in [2.75, 3.05) is 6.54 Å². The van der Waals surface area contributed by atoms with Crippen molar-refractivity contribution in [2.45, 2.75) is 19.9 Å². The largest absolute Gasteiger partial charge is 0.350 e. The molecule has 0 radical (unpaired) electrons. The minimum absolute atomic E-state index is 0.418. The number of aryl methyl sites for hydroxylation is 1. The standard InChI is InChI=1S/C13H18N2/c1-4-14-10(2)12-9-15(3)13-8-6-5-7-11(12)13/h5-10,14H,4H2,1-3H3/t10-/m0/s1. The molecular formula is C13H18N2. The molecule has 15 heavy (non-hydrogen) atoms. The number of para-hydroxylation sites is 1. The summed E-state index contributed by atoms with van der Waals surface area (Å²) >= 11 is 0. The van der Waals surface area contributed by atoms with Gasteiger partial charge in [0.1, 0.15) is 0 Å². The third-order valence-electron chi connectivity index (χ3n) is 2.90. The fourth-order valence-electron chi connectivity index (χ4n) is 2.13. The zero-order chi connectivity index (χ0) is 10.8. The summed E-state index contributed by atoms with van der Waals surface area (Å²) < 4.78 is 2.19. The van der Waals surface area contributed by atoms with Gasteiger partial charge in [0, 0.05) is 30.2 Å². The molecule has 1 atom stereocenters. The van der Waals surface area contributed by atoms with Crippen LogP contribution in [0.3, 0.4) is 0 Å². The van der Waals surface area contributed by atoms with Crippen LogP contribution < -0.4 is 5.32 Å². The molecule has 1 N–H and O–H groups in total. The van der Waals surface area contributed by atoms with E-state index in [0.29, 0.717) is 6.04 Å². The smallest absolute Gasteiger partial charge is 0.0481 e. The van der Waals surface area contributed by atoms with Crippen molar-refractivity contribution in [1.82, 2.24) is 9.88 Å². The number of fused-ring (bicyclic) bond motifs is 1. The maximum Gasteiger partial charge on any atom is 0.0481 e. The van der Waals surface area contributed by atoms with E-state index in [2.05, 4.69) is 61.2 Å². The van der Waals surface area contributed by atoms with Crippen LogP contribution in [0.4, 0.5) is 0 Å². The first-order valence-electron chi connectivity index (χ1n) is 5.51. The van der Waals surface area contributed by atoms with Crippen molar-refractivity contribution in [3.8, 4) is 0 Å². The molecular weight excluding hydrogens is 184 g/mol. The van der Waals surface area contributed by atoms with Gasteiger partial charge in [-0.3, -0.25) is 0 Å². The van der Waals surface area contributed by atoms with Crippen LogP contribution in [0, 0.1) is 0 Å². The topological polar surface area (TPSA) is 17.0 Å². The van der Waals surface area contributed by atoms with Gasteiger partial charge in [-0.15, -0.1) is 0 Å². The van der Waals surface area contributed by atoms with E-state index in [4.69, 9.17) is 0 Å². The Labute approximate surface area is 90.9 Å². The SMILES string of the molecule is CCN[C@@H](C)c1cn(C)c2ccccc12. The maximum absolute atomic E-state index is 3.45. The van der Waals surface area contributed by atoms with Crippen molar-refractivity contribution in [1.29, 1.82) is 0 Å². The highest BCUT2D eigenvalue weighted by Crippen LogP contribution is 2.25. The molecule has 1 heterocycles. The van der Waals surface area contributed by atoms with Crippen molar-refractivity contribution in [3.63, 3.8) is 0 Å². The number of nitrogens with one attached hydrogen (secondary N) is 1. The second kappa shape index (κ2) is 4.07. The van der Waals surface area contributed by atoms with Crippen LogP contribution in [0.2, 0.25) is 0 Å². The molecule has 2 heteroatoms. The summed E-state index contributed by atoms with van der Waals surface area (Å²) in [5.74, 6) is 0. The molecule has 0 saturated carbocycles. The van der Waals surface area contributed by atoms with Gasteiger partial charge in [-0.2, -0.15) is 0 Å². The second-order valence-corrected chi connectivity index (χ2v) is 3.99. The highest BCUT2D eigenvalue weighted by atomic mass is 14.9. The molecule has 0 saturated heterocycles. The monoisotopic (exact) mass is 202 g/mol. The Hall–Kier alpha value is -1.28. The third-order valence-corrected chi connectivity index (χ3v) is 2.90. The van der Waals surface area contributed by atoms with Crippen LogP contribution in [0.15, 0.2) is 30.5 Å². The molecule has 0 aliphatic heterocycles. The Morgan fingerprint density at radius 3 is 2.80 bits per heavy atom. The average molecular weight is 202 g/mol. The number of hydrogen-bond acceptors (Lipinski definition) is 1. The van der Waals surface area contributed by atoms with E-state index < -0.39 is 0 Å². The van der Waals surface area contributed by atoms with Crippen molar-refractivity contribution < 1.29 is 0 Å². The first kappa shape index (κ1) is 10.2. The number of aromatic nitrogens is 1. The average Bonchev–Trinajstić information content (AvgIpc) is 2.58. The number of rotatable bonds is 3. The van der Waals surface area contributed by atoms with Gasteiger partial charge in [0.2, 0.25) is 0 Å². The first-order valence-corrected chi connectivity index (χ1v) is 5.51. The van der Waals surface area contributed by atoms with Gasteiger partial charge in [-0.25, -0.2) is 0 Å². The lowest BCUT2D eigenvalue weighted by molar-refractivity contribution is 0.600. The molecule has 0 unspecified atom stereocenters. The fourth-order valence-corrected chi connectivity index (χ4v) is 2.13. The highest BCUT2D eigenvalue weighted by Gasteiger charge is 2.10. The molecule has 80 valence electrons. The van der Waals surface area contributed by atoms with Crippen LogP contribution in [-0.4, -0.2) is 11.1 Å². The van der Waals surface area contributed by atoms with Crippen LogP contribution in [-0.2, 0) is 7.05 Å². The van der Waals surface area contributed by atoms with Crippen molar-refractivity contribution in [2.24, 2.45) is 7.05 Å². The van der Waals surface area contributed by atoms with Gasteiger partial charge < -0.3 is 9.88 Å². The summed E-state index contributed by atoms with van der Waals surface area (Å²) in [4.78, 5) is 0. The lowest BCUT2D eigenvalue weighted by Gasteiger charge is -2.10. The van der Waals surface area contributed by atoms with E-state index in [9.17, 15) is 0 Å². The van der Waals surface area contributed by atoms with E-state index in [-0.39, 0.29) is 0 Å². The summed E-state index contributed by atoms with van der Waals surface area (Å²) in [5.41, 5.74) is 2.69. The van der Waals surface area contributed by atoms with E-state index >= 15 is 0 Å². The molecule has 2 nitrogen and oxygen atoms in total. The van der Waals surface area contributed by atoms with Gasteiger partial charge >= 0.3 is 0 Å². The van der Waals surface area contributed by atoms with Crippen LogP contribution in [0.1, 0.15) is 25.5 Å². The van der Waals surface area contributed by atoms with Gasteiger partial charge in [0.25, 0.3) is 0 Å². The minimum atomic E-state index is 0.418. The number of hydrogen-bond donors (Lipinski definition) is 1. The predicted molar refractivity (Wildman–Crippen MR) is 65.0 cm³/mol. The Bertz CT molecular complexity index is 457. The Kier molecular flexibility index (Phi) is 2.78. The van der Waals surface area contributed by atoms with Crippen LogP contribution >= 0.6 is 0 Å². The Morgan fingerprint density at radius 2 is 2.07 bits per heavy atom.